The average molecular weight is 420 g/mol. The number of carbonyl (C=O) groups is 1. The van der Waals surface area contributed by atoms with E-state index in [1.54, 1.807) is 0 Å². The first-order valence-electron chi connectivity index (χ1n) is 11.3. The third-order valence-corrected chi connectivity index (χ3v) is 4.95. The predicted octanol–water partition coefficient (Wildman–Crippen LogP) is 5.30. The van der Waals surface area contributed by atoms with Gasteiger partial charge in [-0.3, -0.25) is 9.69 Å². The molecule has 0 unspecified atom stereocenters. The van der Waals surface area contributed by atoms with Gasteiger partial charge in [-0.1, -0.05) is 70.4 Å². The lowest BCUT2D eigenvalue weighted by molar-refractivity contribution is -0.120. The Balaban J connectivity index is 0. The molecule has 0 rings (SSSR count). The van der Waals surface area contributed by atoms with E-state index >= 15 is 0 Å². The van der Waals surface area contributed by atoms with Crippen molar-refractivity contribution in [2.75, 3.05) is 32.8 Å². The van der Waals surface area contributed by atoms with Crippen LogP contribution in [0, 0.1) is 0 Å². The fourth-order valence-corrected chi connectivity index (χ4v) is 3.27. The van der Waals surface area contributed by atoms with Crippen LogP contribution in [0.25, 0.3) is 0 Å². The number of aliphatic hydroxyl groups is 2. The summed E-state index contributed by atoms with van der Waals surface area (Å²) >= 11 is 0. The Hall–Kier alpha value is -0.420. The number of nitrogens with zero attached hydrogens (tertiary/aromatic N) is 1. The monoisotopic (exact) mass is 419 g/mol. The molecule has 4 nitrogen and oxygen atoms in total. The van der Waals surface area contributed by atoms with Crippen LogP contribution in [0.2, 0.25) is 0 Å². The number of Topliss-reactive ketones (excluding diaryl/α,β-unsaturated/α-hetero) is 1. The van der Waals surface area contributed by atoms with Gasteiger partial charge in [0, 0.05) is 19.5 Å². The van der Waals surface area contributed by atoms with E-state index < -0.39 is 0 Å². The smallest absolute Gasteiger partial charge is 0.146 e. The lowest BCUT2D eigenvalue weighted by Gasteiger charge is -2.18. The molecule has 0 aromatic rings. The van der Waals surface area contributed by atoms with Crippen LogP contribution in [0.3, 0.4) is 0 Å². The number of hydrogen-bond donors (Lipinski definition) is 2. The Kier molecular flexibility index (Phi) is 26.2. The molecular weight excluding hydrogens is 374 g/mol. The van der Waals surface area contributed by atoms with Gasteiger partial charge in [-0.15, -0.1) is 12.4 Å². The SMILES string of the molecule is CCCCCCCCC=CCCCCCCCC(=O)CN(CCO)CCO.Cl. The third-order valence-electron chi connectivity index (χ3n) is 4.95. The van der Waals surface area contributed by atoms with E-state index in [0.29, 0.717) is 26.1 Å². The molecule has 168 valence electrons. The quantitative estimate of drug-likeness (QED) is 0.196. The Morgan fingerprint density at radius 2 is 1.21 bits per heavy atom. The highest BCUT2D eigenvalue weighted by atomic mass is 35.5. The van der Waals surface area contributed by atoms with Crippen LogP contribution in [0.1, 0.15) is 96.8 Å². The van der Waals surface area contributed by atoms with Crippen LogP contribution >= 0.6 is 12.4 Å². The van der Waals surface area contributed by atoms with Gasteiger partial charge in [0.05, 0.1) is 19.8 Å². The fraction of sp³-hybridized carbons (Fsp3) is 0.870. The van der Waals surface area contributed by atoms with Crippen molar-refractivity contribution in [2.45, 2.75) is 96.8 Å². The third kappa shape index (κ3) is 21.9. The maximum Gasteiger partial charge on any atom is 0.146 e. The Morgan fingerprint density at radius 1 is 0.750 bits per heavy atom. The molecule has 0 aliphatic carbocycles. The molecule has 0 aromatic carbocycles. The molecule has 0 saturated heterocycles. The molecule has 0 amide bonds. The Morgan fingerprint density at radius 3 is 1.71 bits per heavy atom. The van der Waals surface area contributed by atoms with Gasteiger partial charge in [-0.2, -0.15) is 0 Å². The molecule has 28 heavy (non-hydrogen) atoms. The summed E-state index contributed by atoms with van der Waals surface area (Å²) in [5.74, 6) is 0.217. The molecule has 0 heterocycles. The molecule has 0 spiro atoms. The second kappa shape index (κ2) is 24.6. The van der Waals surface area contributed by atoms with Crippen molar-refractivity contribution in [1.29, 1.82) is 0 Å². The largest absolute Gasteiger partial charge is 0.395 e. The van der Waals surface area contributed by atoms with Crippen LogP contribution in [0.5, 0.6) is 0 Å². The predicted molar refractivity (Wildman–Crippen MR) is 122 cm³/mol. The summed E-state index contributed by atoms with van der Waals surface area (Å²) < 4.78 is 0. The van der Waals surface area contributed by atoms with Crippen LogP contribution < -0.4 is 0 Å². The first kappa shape index (κ1) is 29.8. The number of allylic oxidation sites excluding steroid dienone is 2. The van der Waals surface area contributed by atoms with Crippen molar-refractivity contribution in [3.8, 4) is 0 Å². The Labute approximate surface area is 180 Å². The lowest BCUT2D eigenvalue weighted by atomic mass is 10.1. The van der Waals surface area contributed by atoms with Gasteiger partial charge in [0.2, 0.25) is 0 Å². The van der Waals surface area contributed by atoms with Crippen molar-refractivity contribution in [3.05, 3.63) is 12.2 Å². The van der Waals surface area contributed by atoms with Crippen LogP contribution in [-0.2, 0) is 4.79 Å². The summed E-state index contributed by atoms with van der Waals surface area (Å²) in [5, 5.41) is 17.9. The van der Waals surface area contributed by atoms with Gasteiger partial charge in [-0.25, -0.2) is 0 Å². The summed E-state index contributed by atoms with van der Waals surface area (Å²) in [6.45, 7) is 3.58. The first-order chi connectivity index (χ1) is 13.2. The molecule has 0 bridgehead atoms. The standard InChI is InChI=1S/C23H45NO3.ClH/c1-2-3-4-5-6-7-8-9-10-11-12-13-14-15-16-17-23(27)22-24(18-20-25)19-21-26;/h9-10,25-26H,2-8,11-22H2,1H3;1H. The minimum Gasteiger partial charge on any atom is -0.395 e. The van der Waals surface area contributed by atoms with Gasteiger partial charge in [0.25, 0.3) is 0 Å². The molecular formula is C23H46ClNO3. The normalized spacial score (nSPS) is 11.3. The summed E-state index contributed by atoms with van der Waals surface area (Å²) in [7, 11) is 0. The second-order valence-electron chi connectivity index (χ2n) is 7.60. The molecule has 0 aliphatic rings. The van der Waals surface area contributed by atoms with E-state index in [1.807, 2.05) is 4.90 Å². The van der Waals surface area contributed by atoms with Crippen molar-refractivity contribution in [2.24, 2.45) is 0 Å². The van der Waals surface area contributed by atoms with Crippen molar-refractivity contribution >= 4 is 18.2 Å². The molecule has 2 N–H and O–H groups in total. The van der Waals surface area contributed by atoms with E-state index in [0.717, 1.165) is 12.8 Å². The average Bonchev–Trinajstić information content (AvgIpc) is 2.65. The van der Waals surface area contributed by atoms with Crippen LogP contribution in [0.15, 0.2) is 12.2 Å². The number of carbonyl (C=O) groups excluding carboxylic acids is 1. The molecule has 0 atom stereocenters. The maximum absolute atomic E-state index is 11.9. The highest BCUT2D eigenvalue weighted by Gasteiger charge is 2.09. The number of hydrogen-bond acceptors (Lipinski definition) is 4. The molecule has 0 aromatic heterocycles. The lowest BCUT2D eigenvalue weighted by Crippen LogP contribution is -2.34. The van der Waals surface area contributed by atoms with Gasteiger partial charge < -0.3 is 10.2 Å². The van der Waals surface area contributed by atoms with E-state index in [4.69, 9.17) is 10.2 Å². The fourth-order valence-electron chi connectivity index (χ4n) is 3.27. The second-order valence-corrected chi connectivity index (χ2v) is 7.60. The van der Waals surface area contributed by atoms with Crippen molar-refractivity contribution in [3.63, 3.8) is 0 Å². The van der Waals surface area contributed by atoms with E-state index in [2.05, 4.69) is 19.1 Å². The molecule has 5 heteroatoms. The zero-order chi connectivity index (χ0) is 20.0. The molecule has 0 aliphatic heterocycles. The summed E-state index contributed by atoms with van der Waals surface area (Å²) in [4.78, 5) is 13.7. The minimum absolute atomic E-state index is 0. The Bertz CT molecular complexity index is 345. The number of rotatable bonds is 21. The first-order valence-corrected chi connectivity index (χ1v) is 11.3. The summed E-state index contributed by atoms with van der Waals surface area (Å²) in [6, 6.07) is 0. The van der Waals surface area contributed by atoms with Gasteiger partial charge >= 0.3 is 0 Å². The number of aliphatic hydroxyl groups excluding tert-OH is 2. The summed E-state index contributed by atoms with van der Waals surface area (Å²) in [6.07, 6.45) is 21.7. The zero-order valence-corrected chi connectivity index (χ0v) is 19.1. The van der Waals surface area contributed by atoms with Gasteiger partial charge in [-0.05, 0) is 32.1 Å². The van der Waals surface area contributed by atoms with Crippen molar-refractivity contribution < 1.29 is 15.0 Å². The van der Waals surface area contributed by atoms with E-state index in [9.17, 15) is 4.79 Å². The summed E-state index contributed by atoms with van der Waals surface area (Å²) in [5.41, 5.74) is 0. The van der Waals surface area contributed by atoms with E-state index in [-0.39, 0.29) is 31.4 Å². The number of unbranched alkanes of at least 4 members (excludes halogenated alkanes) is 11. The van der Waals surface area contributed by atoms with Crippen molar-refractivity contribution in [1.82, 2.24) is 4.90 Å². The zero-order valence-electron chi connectivity index (χ0n) is 18.2. The van der Waals surface area contributed by atoms with E-state index in [1.165, 1.54) is 70.6 Å². The van der Waals surface area contributed by atoms with Crippen LogP contribution in [0.4, 0.5) is 0 Å². The highest BCUT2D eigenvalue weighted by molar-refractivity contribution is 5.85. The minimum atomic E-state index is 0. The molecule has 0 fully saturated rings. The molecule has 0 saturated carbocycles. The number of halogens is 1. The molecule has 0 radical (unpaired) electrons. The topological polar surface area (TPSA) is 60.8 Å². The highest BCUT2D eigenvalue weighted by Crippen LogP contribution is 2.10. The number of ketones is 1. The van der Waals surface area contributed by atoms with Gasteiger partial charge in [0.1, 0.15) is 5.78 Å². The van der Waals surface area contributed by atoms with Gasteiger partial charge in [0.15, 0.2) is 0 Å². The van der Waals surface area contributed by atoms with Crippen LogP contribution in [-0.4, -0.2) is 53.7 Å². The maximum atomic E-state index is 11.9.